The number of fused-ring (bicyclic) bond motifs is 1. The summed E-state index contributed by atoms with van der Waals surface area (Å²) in [5.41, 5.74) is 2.33. The third-order valence-corrected chi connectivity index (χ3v) is 4.96. The quantitative estimate of drug-likeness (QED) is 0.286. The lowest BCUT2D eigenvalue weighted by molar-refractivity contribution is -0.111. The number of carbonyl (C=O) groups excluding carboxylic acids is 2. The van der Waals surface area contributed by atoms with Gasteiger partial charge in [0.25, 0.3) is 5.91 Å². The zero-order chi connectivity index (χ0) is 21.8. The number of nitrogens with zero attached hydrogens (tertiary/aromatic N) is 2. The second-order valence-electron chi connectivity index (χ2n) is 6.77. The van der Waals surface area contributed by atoms with Gasteiger partial charge in [-0.3, -0.25) is 9.63 Å². The van der Waals surface area contributed by atoms with Gasteiger partial charge in [0, 0.05) is 17.4 Å². The number of anilines is 2. The van der Waals surface area contributed by atoms with Crippen molar-refractivity contribution in [3.05, 3.63) is 52.3 Å². The van der Waals surface area contributed by atoms with Crippen LogP contribution in [-0.2, 0) is 16.7 Å². The molecule has 10 heteroatoms. The molecule has 0 aliphatic heterocycles. The van der Waals surface area contributed by atoms with Crippen LogP contribution in [0.2, 0.25) is 0 Å². The van der Waals surface area contributed by atoms with Gasteiger partial charge in [-0.1, -0.05) is 22.9 Å². The Kier molecular flexibility index (Phi) is 6.78. The molecule has 3 aromatic rings. The van der Waals surface area contributed by atoms with Gasteiger partial charge in [-0.15, -0.1) is 0 Å². The van der Waals surface area contributed by atoms with Crippen LogP contribution in [0.15, 0.2) is 35.1 Å². The van der Waals surface area contributed by atoms with Crippen molar-refractivity contribution in [2.24, 2.45) is 13.0 Å². The molecule has 158 valence electrons. The fourth-order valence-corrected chi connectivity index (χ4v) is 3.07. The summed E-state index contributed by atoms with van der Waals surface area (Å²) >= 11 is 3.16. The molecule has 0 aliphatic rings. The molecular formula is C20H19BrF2N4O3. The standard InChI is InChI=1S/C20H19BrF2N4O3/c1-11(9-28)5-6-30-26-20(29)13-8-16-19(24-10-27(16)2)17(23)18(13)25-15-4-3-12(21)7-14(15)22/h3-4,7-11,25H,5-6H2,1-2H3,(H,26,29). The largest absolute Gasteiger partial charge is 0.350 e. The number of hydrogen-bond acceptors (Lipinski definition) is 5. The van der Waals surface area contributed by atoms with Crippen LogP contribution in [0.1, 0.15) is 23.7 Å². The molecule has 0 saturated carbocycles. The smallest absolute Gasteiger partial charge is 0.277 e. The minimum absolute atomic E-state index is 0.0119. The normalized spacial score (nSPS) is 12.0. The van der Waals surface area contributed by atoms with E-state index < -0.39 is 17.5 Å². The molecule has 2 N–H and O–H groups in total. The van der Waals surface area contributed by atoms with Gasteiger partial charge in [-0.25, -0.2) is 19.2 Å². The second kappa shape index (κ2) is 9.31. The summed E-state index contributed by atoms with van der Waals surface area (Å²) in [5.74, 6) is -2.37. The summed E-state index contributed by atoms with van der Waals surface area (Å²) < 4.78 is 31.6. The molecule has 0 fully saturated rings. The average Bonchev–Trinajstić information content (AvgIpc) is 3.09. The van der Waals surface area contributed by atoms with Crippen molar-refractivity contribution in [2.45, 2.75) is 13.3 Å². The molecule has 1 aromatic heterocycles. The van der Waals surface area contributed by atoms with Crippen LogP contribution >= 0.6 is 15.9 Å². The number of nitrogens with one attached hydrogen (secondary N) is 2. The molecule has 30 heavy (non-hydrogen) atoms. The summed E-state index contributed by atoms with van der Waals surface area (Å²) in [4.78, 5) is 32.5. The Labute approximate surface area is 179 Å². The number of hydrogen-bond donors (Lipinski definition) is 2. The molecule has 2 aromatic carbocycles. The van der Waals surface area contributed by atoms with E-state index in [2.05, 4.69) is 31.7 Å². The first-order valence-electron chi connectivity index (χ1n) is 9.04. The number of imidazole rings is 1. The SMILES string of the molecule is CC(C=O)CCONC(=O)c1cc2c(ncn2C)c(F)c1Nc1ccc(Br)cc1F. The third-order valence-electron chi connectivity index (χ3n) is 4.47. The van der Waals surface area contributed by atoms with Gasteiger partial charge >= 0.3 is 0 Å². The topological polar surface area (TPSA) is 85.2 Å². The molecule has 1 heterocycles. The maximum atomic E-state index is 15.2. The lowest BCUT2D eigenvalue weighted by atomic mass is 10.1. The van der Waals surface area contributed by atoms with Crippen molar-refractivity contribution >= 4 is 50.5 Å². The number of aromatic nitrogens is 2. The summed E-state index contributed by atoms with van der Waals surface area (Å²) in [7, 11) is 1.66. The van der Waals surface area contributed by atoms with Gasteiger partial charge in [-0.2, -0.15) is 0 Å². The lowest BCUT2D eigenvalue weighted by Crippen LogP contribution is -2.26. The minimum atomic E-state index is -0.796. The fraction of sp³-hybridized carbons (Fsp3) is 0.250. The molecule has 7 nitrogen and oxygen atoms in total. The van der Waals surface area contributed by atoms with Gasteiger partial charge in [-0.05, 0) is 30.7 Å². The van der Waals surface area contributed by atoms with Crippen molar-refractivity contribution in [1.29, 1.82) is 0 Å². The van der Waals surface area contributed by atoms with Crippen molar-refractivity contribution in [2.75, 3.05) is 11.9 Å². The Bertz CT molecular complexity index is 1100. The first-order valence-corrected chi connectivity index (χ1v) is 9.84. The van der Waals surface area contributed by atoms with Crippen LogP contribution in [0.5, 0.6) is 0 Å². The molecule has 0 radical (unpaired) electrons. The van der Waals surface area contributed by atoms with Crippen molar-refractivity contribution in [3.8, 4) is 0 Å². The maximum Gasteiger partial charge on any atom is 0.277 e. The van der Waals surface area contributed by atoms with E-state index in [1.807, 2.05) is 0 Å². The van der Waals surface area contributed by atoms with E-state index in [1.54, 1.807) is 24.6 Å². The van der Waals surface area contributed by atoms with Crippen molar-refractivity contribution < 1.29 is 23.2 Å². The van der Waals surface area contributed by atoms with E-state index in [0.29, 0.717) is 16.4 Å². The van der Waals surface area contributed by atoms with E-state index in [4.69, 9.17) is 4.84 Å². The summed E-state index contributed by atoms with van der Waals surface area (Å²) in [6, 6.07) is 5.66. The Balaban J connectivity index is 1.94. The number of hydroxylamine groups is 1. The van der Waals surface area contributed by atoms with Crippen LogP contribution < -0.4 is 10.8 Å². The molecule has 1 amide bonds. The molecule has 1 unspecified atom stereocenters. The average molecular weight is 481 g/mol. The molecule has 3 rings (SSSR count). The predicted molar refractivity (Wildman–Crippen MR) is 111 cm³/mol. The Morgan fingerprint density at radius 1 is 1.37 bits per heavy atom. The zero-order valence-corrected chi connectivity index (χ0v) is 17.8. The first kappa shape index (κ1) is 21.8. The van der Waals surface area contributed by atoms with Crippen LogP contribution in [0.25, 0.3) is 11.0 Å². The van der Waals surface area contributed by atoms with Gasteiger partial charge in [0.2, 0.25) is 0 Å². The lowest BCUT2D eigenvalue weighted by Gasteiger charge is -2.15. The number of aldehydes is 1. The van der Waals surface area contributed by atoms with Crippen molar-refractivity contribution in [1.82, 2.24) is 15.0 Å². The highest BCUT2D eigenvalue weighted by Crippen LogP contribution is 2.32. The van der Waals surface area contributed by atoms with Gasteiger partial charge in [0.1, 0.15) is 17.6 Å². The van der Waals surface area contributed by atoms with Crippen LogP contribution in [0, 0.1) is 17.6 Å². The van der Waals surface area contributed by atoms with E-state index in [-0.39, 0.29) is 35.0 Å². The van der Waals surface area contributed by atoms with Gasteiger partial charge in [0.05, 0.1) is 35.4 Å². The summed E-state index contributed by atoms with van der Waals surface area (Å²) in [6.45, 7) is 1.82. The monoisotopic (exact) mass is 480 g/mol. The molecule has 0 aliphatic carbocycles. The van der Waals surface area contributed by atoms with E-state index in [9.17, 15) is 14.0 Å². The van der Waals surface area contributed by atoms with Crippen molar-refractivity contribution in [3.63, 3.8) is 0 Å². The van der Waals surface area contributed by atoms with E-state index in [0.717, 1.165) is 6.29 Å². The van der Waals surface area contributed by atoms with E-state index >= 15 is 4.39 Å². The van der Waals surface area contributed by atoms with Crippen LogP contribution in [0.3, 0.4) is 0 Å². The van der Waals surface area contributed by atoms with Crippen LogP contribution in [0.4, 0.5) is 20.2 Å². The minimum Gasteiger partial charge on any atom is -0.350 e. The Morgan fingerprint density at radius 3 is 2.83 bits per heavy atom. The molecule has 0 saturated heterocycles. The highest BCUT2D eigenvalue weighted by Gasteiger charge is 2.22. The zero-order valence-electron chi connectivity index (χ0n) is 16.2. The first-order chi connectivity index (χ1) is 14.3. The fourth-order valence-electron chi connectivity index (χ4n) is 2.74. The number of benzene rings is 2. The van der Waals surface area contributed by atoms with Gasteiger partial charge < -0.3 is 14.7 Å². The molecule has 0 spiro atoms. The number of amides is 1. The maximum absolute atomic E-state index is 15.2. The van der Waals surface area contributed by atoms with Gasteiger partial charge in [0.15, 0.2) is 5.82 Å². The van der Waals surface area contributed by atoms with E-state index in [1.165, 1.54) is 24.5 Å². The van der Waals surface area contributed by atoms with Crippen LogP contribution in [-0.4, -0.2) is 28.4 Å². The highest BCUT2D eigenvalue weighted by atomic mass is 79.9. The molecule has 0 bridgehead atoms. The Hall–Kier alpha value is -2.85. The number of aryl methyl sites for hydroxylation is 1. The number of rotatable bonds is 8. The number of carbonyl (C=O) groups is 2. The second-order valence-corrected chi connectivity index (χ2v) is 7.68. The summed E-state index contributed by atoms with van der Waals surface area (Å²) in [6.07, 6.45) is 2.61. The molecule has 1 atom stereocenters. The highest BCUT2D eigenvalue weighted by molar-refractivity contribution is 9.10. The third kappa shape index (κ3) is 4.65. The Morgan fingerprint density at radius 2 is 2.13 bits per heavy atom. The molecular weight excluding hydrogens is 462 g/mol. The predicted octanol–water partition coefficient (Wildman–Crippen LogP) is 4.24. The summed E-state index contributed by atoms with van der Waals surface area (Å²) in [5, 5.41) is 2.65. The number of halogens is 3.